The van der Waals surface area contributed by atoms with Gasteiger partial charge in [-0.3, -0.25) is 4.79 Å². The average Bonchev–Trinajstić information content (AvgIpc) is 2.39. The van der Waals surface area contributed by atoms with Crippen LogP contribution in [0.5, 0.6) is 0 Å². The van der Waals surface area contributed by atoms with Crippen LogP contribution in [0.4, 0.5) is 0 Å². The lowest BCUT2D eigenvalue weighted by molar-refractivity contribution is -0.0734. The van der Waals surface area contributed by atoms with E-state index in [2.05, 4.69) is 20.9 Å². The summed E-state index contributed by atoms with van der Waals surface area (Å²) >= 11 is 3.26. The summed E-state index contributed by atoms with van der Waals surface area (Å²) < 4.78 is 5.75. The first-order chi connectivity index (χ1) is 9.02. The lowest BCUT2D eigenvalue weighted by Gasteiger charge is -2.35. The summed E-state index contributed by atoms with van der Waals surface area (Å²) in [5.74, 6) is -0.153. The number of carbonyl (C=O) groups is 1. The first-order valence-corrected chi connectivity index (χ1v) is 6.97. The second kappa shape index (κ2) is 5.98. The van der Waals surface area contributed by atoms with Crippen LogP contribution in [0.1, 0.15) is 23.2 Å². The van der Waals surface area contributed by atoms with Crippen LogP contribution in [0.25, 0.3) is 0 Å². The summed E-state index contributed by atoms with van der Waals surface area (Å²) in [4.78, 5) is 17.9. The van der Waals surface area contributed by atoms with Gasteiger partial charge in [-0.2, -0.15) is 0 Å². The van der Waals surface area contributed by atoms with Crippen molar-refractivity contribution in [3.05, 3.63) is 28.5 Å². The Labute approximate surface area is 120 Å². The summed E-state index contributed by atoms with van der Waals surface area (Å²) in [6.07, 6.45) is 2.73. The van der Waals surface area contributed by atoms with Crippen LogP contribution in [0.3, 0.4) is 0 Å². The topological polar surface area (TPSA) is 62.7 Å². The highest BCUT2D eigenvalue weighted by molar-refractivity contribution is 9.10. The van der Waals surface area contributed by atoms with E-state index >= 15 is 0 Å². The fraction of sp³-hybridized carbons (Fsp3) is 0.538. The Morgan fingerprint density at radius 1 is 1.58 bits per heavy atom. The standard InChI is InChI=1S/C13H17BrN2O3/c1-16(9-13(18)4-7-19-8-5-13)12(17)10-3-2-6-15-11(10)14/h2-3,6,18H,4-5,7-9H2,1H3. The van der Waals surface area contributed by atoms with Crippen molar-refractivity contribution in [2.75, 3.05) is 26.8 Å². The smallest absolute Gasteiger partial charge is 0.256 e. The maximum absolute atomic E-state index is 12.3. The zero-order chi connectivity index (χ0) is 13.9. The van der Waals surface area contributed by atoms with E-state index in [4.69, 9.17) is 4.74 Å². The molecule has 0 aromatic carbocycles. The van der Waals surface area contributed by atoms with E-state index in [1.54, 1.807) is 25.4 Å². The van der Waals surface area contributed by atoms with Crippen molar-refractivity contribution in [3.8, 4) is 0 Å². The molecule has 0 bridgehead atoms. The second-order valence-electron chi connectivity index (χ2n) is 4.84. The minimum Gasteiger partial charge on any atom is -0.388 e. The first-order valence-electron chi connectivity index (χ1n) is 6.18. The number of hydrogen-bond donors (Lipinski definition) is 1. The van der Waals surface area contributed by atoms with Crippen LogP contribution in [0, 0.1) is 0 Å². The average molecular weight is 329 g/mol. The van der Waals surface area contributed by atoms with Gasteiger partial charge in [-0.15, -0.1) is 0 Å². The number of aromatic nitrogens is 1. The molecule has 1 aliphatic heterocycles. The number of amides is 1. The molecule has 0 aliphatic carbocycles. The van der Waals surface area contributed by atoms with Crippen LogP contribution >= 0.6 is 15.9 Å². The molecular formula is C13H17BrN2O3. The number of ether oxygens (including phenoxy) is 1. The van der Waals surface area contributed by atoms with Gasteiger partial charge in [0.05, 0.1) is 11.2 Å². The van der Waals surface area contributed by atoms with Gasteiger partial charge in [-0.05, 0) is 28.1 Å². The highest BCUT2D eigenvalue weighted by Gasteiger charge is 2.32. The Morgan fingerprint density at radius 2 is 2.26 bits per heavy atom. The fourth-order valence-corrected chi connectivity index (χ4v) is 2.59. The van der Waals surface area contributed by atoms with E-state index in [1.807, 2.05) is 0 Å². The fourth-order valence-electron chi connectivity index (χ4n) is 2.17. The predicted octanol–water partition coefficient (Wildman–Crippen LogP) is 1.46. The molecular weight excluding hydrogens is 312 g/mol. The lowest BCUT2D eigenvalue weighted by atomic mass is 9.94. The molecule has 1 aromatic rings. The largest absolute Gasteiger partial charge is 0.388 e. The van der Waals surface area contributed by atoms with Crippen LogP contribution in [0.2, 0.25) is 0 Å². The molecule has 0 saturated carbocycles. The maximum Gasteiger partial charge on any atom is 0.256 e. The summed E-state index contributed by atoms with van der Waals surface area (Å²) in [6, 6.07) is 3.43. The molecule has 5 nitrogen and oxygen atoms in total. The van der Waals surface area contributed by atoms with Crippen molar-refractivity contribution in [2.24, 2.45) is 0 Å². The molecule has 0 radical (unpaired) electrons. The van der Waals surface area contributed by atoms with Crippen molar-refractivity contribution in [2.45, 2.75) is 18.4 Å². The van der Waals surface area contributed by atoms with E-state index in [-0.39, 0.29) is 5.91 Å². The highest BCUT2D eigenvalue weighted by Crippen LogP contribution is 2.22. The number of halogens is 1. The number of pyridine rings is 1. The quantitative estimate of drug-likeness (QED) is 0.853. The summed E-state index contributed by atoms with van der Waals surface area (Å²) in [7, 11) is 1.69. The van der Waals surface area contributed by atoms with Gasteiger partial charge in [0.1, 0.15) is 4.60 Å². The van der Waals surface area contributed by atoms with E-state index in [0.29, 0.717) is 42.8 Å². The van der Waals surface area contributed by atoms with E-state index in [9.17, 15) is 9.90 Å². The number of nitrogens with zero attached hydrogens (tertiary/aromatic N) is 2. The third-order valence-corrected chi connectivity index (χ3v) is 3.92. The molecule has 19 heavy (non-hydrogen) atoms. The van der Waals surface area contributed by atoms with Crippen molar-refractivity contribution in [1.29, 1.82) is 0 Å². The van der Waals surface area contributed by atoms with Gasteiger partial charge in [-0.1, -0.05) is 0 Å². The van der Waals surface area contributed by atoms with E-state index in [1.165, 1.54) is 4.90 Å². The lowest BCUT2D eigenvalue weighted by Crippen LogP contribution is -2.47. The molecule has 0 spiro atoms. The minimum atomic E-state index is -0.850. The monoisotopic (exact) mass is 328 g/mol. The van der Waals surface area contributed by atoms with Crippen LogP contribution < -0.4 is 0 Å². The highest BCUT2D eigenvalue weighted by atomic mass is 79.9. The molecule has 1 N–H and O–H groups in total. The Kier molecular flexibility index (Phi) is 4.54. The molecule has 1 fully saturated rings. The Bertz CT molecular complexity index is 461. The summed E-state index contributed by atoms with van der Waals surface area (Å²) in [6.45, 7) is 1.38. The van der Waals surface area contributed by atoms with Crippen LogP contribution in [-0.2, 0) is 4.74 Å². The van der Waals surface area contributed by atoms with Gasteiger partial charge in [-0.25, -0.2) is 4.98 Å². The number of aliphatic hydroxyl groups is 1. The SMILES string of the molecule is CN(CC1(O)CCOCC1)C(=O)c1cccnc1Br. The third kappa shape index (κ3) is 3.52. The molecule has 0 atom stereocenters. The number of rotatable bonds is 3. The van der Waals surface area contributed by atoms with Gasteiger partial charge >= 0.3 is 0 Å². The van der Waals surface area contributed by atoms with Gasteiger partial charge in [0.2, 0.25) is 0 Å². The predicted molar refractivity (Wildman–Crippen MR) is 73.9 cm³/mol. The molecule has 104 valence electrons. The molecule has 0 unspecified atom stereocenters. The Morgan fingerprint density at radius 3 is 2.89 bits per heavy atom. The Balaban J connectivity index is 2.05. The van der Waals surface area contributed by atoms with Crippen molar-refractivity contribution >= 4 is 21.8 Å². The zero-order valence-corrected chi connectivity index (χ0v) is 12.4. The molecule has 1 amide bonds. The Hall–Kier alpha value is -0.980. The van der Waals surface area contributed by atoms with E-state index in [0.717, 1.165) is 0 Å². The number of likely N-dealkylation sites (N-methyl/N-ethyl adjacent to an activating group) is 1. The van der Waals surface area contributed by atoms with Crippen molar-refractivity contribution in [1.82, 2.24) is 9.88 Å². The van der Waals surface area contributed by atoms with Gasteiger partial charge in [0, 0.05) is 45.8 Å². The molecule has 1 aromatic heterocycles. The van der Waals surface area contributed by atoms with Crippen molar-refractivity contribution < 1.29 is 14.6 Å². The molecule has 6 heteroatoms. The number of carbonyl (C=O) groups excluding carboxylic acids is 1. The zero-order valence-electron chi connectivity index (χ0n) is 10.8. The summed E-state index contributed by atoms with van der Waals surface area (Å²) in [5.41, 5.74) is -0.349. The third-order valence-electron chi connectivity index (χ3n) is 3.29. The van der Waals surface area contributed by atoms with Gasteiger partial charge in [0.15, 0.2) is 0 Å². The van der Waals surface area contributed by atoms with Crippen LogP contribution in [0.15, 0.2) is 22.9 Å². The van der Waals surface area contributed by atoms with Gasteiger partial charge in [0.25, 0.3) is 5.91 Å². The molecule has 1 saturated heterocycles. The number of hydrogen-bond acceptors (Lipinski definition) is 4. The normalized spacial score (nSPS) is 18.1. The summed E-state index contributed by atoms with van der Waals surface area (Å²) in [5, 5.41) is 10.4. The minimum absolute atomic E-state index is 0.153. The molecule has 2 heterocycles. The maximum atomic E-state index is 12.3. The van der Waals surface area contributed by atoms with Crippen LogP contribution in [-0.4, -0.2) is 53.3 Å². The molecule has 2 rings (SSSR count). The van der Waals surface area contributed by atoms with E-state index < -0.39 is 5.60 Å². The second-order valence-corrected chi connectivity index (χ2v) is 5.59. The molecule has 1 aliphatic rings. The van der Waals surface area contributed by atoms with Crippen molar-refractivity contribution in [3.63, 3.8) is 0 Å². The van der Waals surface area contributed by atoms with Gasteiger partial charge < -0.3 is 14.7 Å². The first kappa shape index (κ1) is 14.4.